The van der Waals surface area contributed by atoms with Gasteiger partial charge in [0.05, 0.1) is 13.4 Å². The van der Waals surface area contributed by atoms with Gasteiger partial charge in [0.1, 0.15) is 11.5 Å². The Morgan fingerprint density at radius 3 is 2.94 bits per heavy atom. The summed E-state index contributed by atoms with van der Waals surface area (Å²) in [6.07, 6.45) is 5.11. The zero-order valence-corrected chi connectivity index (χ0v) is 10.8. The predicted octanol–water partition coefficient (Wildman–Crippen LogP) is 3.16. The van der Waals surface area contributed by atoms with Gasteiger partial charge in [-0.25, -0.2) is 0 Å². The first-order valence-electron chi connectivity index (χ1n) is 6.21. The van der Waals surface area contributed by atoms with E-state index in [1.165, 1.54) is 5.57 Å². The number of ether oxygens (including phenoxy) is 1. The topological polar surface area (TPSA) is 25.6 Å². The van der Waals surface area contributed by atoms with Crippen LogP contribution in [0.2, 0.25) is 0 Å². The van der Waals surface area contributed by atoms with E-state index < -0.39 is 0 Å². The Balaban J connectivity index is 2.06. The lowest BCUT2D eigenvalue weighted by Gasteiger charge is -2.20. The Morgan fingerprint density at radius 2 is 2.22 bits per heavy atom. The van der Waals surface area contributed by atoms with Gasteiger partial charge in [0.2, 0.25) is 0 Å². The minimum absolute atomic E-state index is 0.874. The number of benzene rings is 1. The summed E-state index contributed by atoms with van der Waals surface area (Å²) in [6.45, 7) is 2.07. The second-order valence-corrected chi connectivity index (χ2v) is 4.76. The summed E-state index contributed by atoms with van der Waals surface area (Å²) in [7, 11) is 3.83. The second kappa shape index (κ2) is 4.50. The van der Waals surface area contributed by atoms with Gasteiger partial charge in [-0.05, 0) is 37.2 Å². The van der Waals surface area contributed by atoms with E-state index in [9.17, 15) is 0 Å². The molecule has 0 saturated heterocycles. The van der Waals surface area contributed by atoms with Crippen LogP contribution in [0.4, 0.5) is 0 Å². The van der Waals surface area contributed by atoms with Crippen molar-refractivity contribution in [2.24, 2.45) is 0 Å². The van der Waals surface area contributed by atoms with Crippen LogP contribution in [0.3, 0.4) is 0 Å². The molecule has 3 rings (SSSR count). The molecule has 1 aliphatic heterocycles. The number of nitrogens with zero attached hydrogens (tertiary/aromatic N) is 1. The van der Waals surface area contributed by atoms with E-state index >= 15 is 0 Å². The zero-order valence-electron chi connectivity index (χ0n) is 10.8. The number of likely N-dealkylation sites (N-methyl/N-ethyl adjacent to an activating group) is 1. The fraction of sp³-hybridized carbons (Fsp3) is 0.333. The summed E-state index contributed by atoms with van der Waals surface area (Å²) in [4.78, 5) is 2.30. The molecule has 0 N–H and O–H groups in total. The number of fused-ring (bicyclic) bond motifs is 1. The van der Waals surface area contributed by atoms with Gasteiger partial charge in [-0.2, -0.15) is 0 Å². The summed E-state index contributed by atoms with van der Waals surface area (Å²) >= 11 is 0. The molecule has 94 valence electrons. The van der Waals surface area contributed by atoms with Crippen molar-refractivity contribution in [2.75, 3.05) is 27.2 Å². The van der Waals surface area contributed by atoms with Gasteiger partial charge in [0.15, 0.2) is 0 Å². The predicted molar refractivity (Wildman–Crippen MR) is 72.9 cm³/mol. The molecule has 1 aromatic heterocycles. The lowest BCUT2D eigenvalue weighted by atomic mass is 10.0. The molecule has 0 atom stereocenters. The molecule has 0 fully saturated rings. The Labute approximate surface area is 107 Å². The van der Waals surface area contributed by atoms with Crippen LogP contribution < -0.4 is 4.74 Å². The van der Waals surface area contributed by atoms with Crippen LogP contribution in [0, 0.1) is 0 Å². The largest absolute Gasteiger partial charge is 0.497 e. The second-order valence-electron chi connectivity index (χ2n) is 4.76. The summed E-state index contributed by atoms with van der Waals surface area (Å²) in [5, 5.41) is 2.27. The van der Waals surface area contributed by atoms with Crippen molar-refractivity contribution in [1.29, 1.82) is 0 Å². The van der Waals surface area contributed by atoms with Gasteiger partial charge in [-0.15, -0.1) is 0 Å². The van der Waals surface area contributed by atoms with Crippen molar-refractivity contribution in [1.82, 2.24) is 4.90 Å². The molecule has 0 radical (unpaired) electrons. The lowest BCUT2D eigenvalue weighted by Crippen LogP contribution is -2.23. The van der Waals surface area contributed by atoms with Crippen molar-refractivity contribution in [3.05, 3.63) is 36.3 Å². The molecule has 0 aliphatic carbocycles. The van der Waals surface area contributed by atoms with Gasteiger partial charge in [-0.3, -0.25) is 0 Å². The standard InChI is InChI=1S/C15H17NO2/c1-16-7-5-11(6-8-16)15-14-9-13(17-2)4-3-12(14)10-18-15/h3-5,9-10H,6-8H2,1-2H3. The van der Waals surface area contributed by atoms with E-state index in [-0.39, 0.29) is 0 Å². The van der Waals surface area contributed by atoms with Crippen LogP contribution >= 0.6 is 0 Å². The molecule has 0 bridgehead atoms. The molecule has 0 saturated carbocycles. The molecule has 3 heteroatoms. The van der Waals surface area contributed by atoms with Crippen LogP contribution in [0.5, 0.6) is 5.75 Å². The highest BCUT2D eigenvalue weighted by atomic mass is 16.5. The molecule has 0 spiro atoms. The molecule has 0 amide bonds. The van der Waals surface area contributed by atoms with Crippen LogP contribution in [-0.2, 0) is 0 Å². The van der Waals surface area contributed by atoms with Gasteiger partial charge in [-0.1, -0.05) is 6.08 Å². The first kappa shape index (κ1) is 11.4. The Morgan fingerprint density at radius 1 is 1.33 bits per heavy atom. The van der Waals surface area contributed by atoms with E-state index in [4.69, 9.17) is 9.15 Å². The maximum Gasteiger partial charge on any atom is 0.137 e. The highest BCUT2D eigenvalue weighted by Crippen LogP contribution is 2.32. The van der Waals surface area contributed by atoms with Crippen LogP contribution in [-0.4, -0.2) is 32.1 Å². The molecule has 0 unspecified atom stereocenters. The van der Waals surface area contributed by atoms with Crippen molar-refractivity contribution in [3.63, 3.8) is 0 Å². The molecule has 2 heterocycles. The Bertz CT molecular complexity index is 598. The molecular formula is C15H17NO2. The van der Waals surface area contributed by atoms with Gasteiger partial charge >= 0.3 is 0 Å². The fourth-order valence-corrected chi connectivity index (χ4v) is 2.37. The Kier molecular flexibility index (Phi) is 2.84. The summed E-state index contributed by atoms with van der Waals surface area (Å²) < 4.78 is 11.0. The molecule has 2 aromatic rings. The maximum absolute atomic E-state index is 5.75. The molecule has 3 nitrogen and oxygen atoms in total. The number of rotatable bonds is 2. The van der Waals surface area contributed by atoms with Crippen LogP contribution in [0.15, 0.2) is 35.0 Å². The molecule has 18 heavy (non-hydrogen) atoms. The minimum atomic E-state index is 0.874. The average molecular weight is 243 g/mol. The van der Waals surface area contributed by atoms with E-state index in [1.807, 2.05) is 24.5 Å². The number of hydrogen-bond donors (Lipinski definition) is 0. The number of hydrogen-bond acceptors (Lipinski definition) is 3. The summed E-state index contributed by atoms with van der Waals surface area (Å²) in [5.41, 5.74) is 1.30. The monoisotopic (exact) mass is 243 g/mol. The minimum Gasteiger partial charge on any atom is -0.497 e. The molecule has 1 aromatic carbocycles. The van der Waals surface area contributed by atoms with Crippen molar-refractivity contribution in [3.8, 4) is 5.75 Å². The highest BCUT2D eigenvalue weighted by Gasteiger charge is 2.15. The summed E-state index contributed by atoms with van der Waals surface area (Å²) in [5.74, 6) is 1.87. The number of methoxy groups -OCH3 is 1. The lowest BCUT2D eigenvalue weighted by molar-refractivity contribution is 0.367. The van der Waals surface area contributed by atoms with E-state index in [0.717, 1.165) is 41.8 Å². The number of furan rings is 1. The SMILES string of the molecule is COc1ccc2coc(C3=CCN(C)CC3)c2c1. The van der Waals surface area contributed by atoms with Crippen molar-refractivity contribution >= 4 is 16.3 Å². The molecule has 1 aliphatic rings. The summed E-state index contributed by atoms with van der Waals surface area (Å²) in [6, 6.07) is 6.05. The Hall–Kier alpha value is -1.74. The zero-order chi connectivity index (χ0) is 12.5. The smallest absolute Gasteiger partial charge is 0.137 e. The van der Waals surface area contributed by atoms with Crippen molar-refractivity contribution < 1.29 is 9.15 Å². The van der Waals surface area contributed by atoms with E-state index in [0.29, 0.717) is 0 Å². The van der Waals surface area contributed by atoms with Crippen molar-refractivity contribution in [2.45, 2.75) is 6.42 Å². The average Bonchev–Trinajstić information content (AvgIpc) is 2.82. The van der Waals surface area contributed by atoms with Gasteiger partial charge in [0, 0.05) is 23.9 Å². The fourth-order valence-electron chi connectivity index (χ4n) is 2.37. The normalized spacial score (nSPS) is 16.9. The maximum atomic E-state index is 5.75. The quantitative estimate of drug-likeness (QED) is 0.810. The highest BCUT2D eigenvalue weighted by molar-refractivity contribution is 5.92. The first-order valence-corrected chi connectivity index (χ1v) is 6.21. The molecular weight excluding hydrogens is 226 g/mol. The van der Waals surface area contributed by atoms with E-state index in [1.54, 1.807) is 7.11 Å². The third kappa shape index (κ3) is 1.91. The third-order valence-electron chi connectivity index (χ3n) is 3.51. The van der Waals surface area contributed by atoms with Gasteiger partial charge < -0.3 is 14.1 Å². The van der Waals surface area contributed by atoms with E-state index in [2.05, 4.69) is 18.0 Å². The third-order valence-corrected chi connectivity index (χ3v) is 3.51. The van der Waals surface area contributed by atoms with Crippen LogP contribution in [0.25, 0.3) is 16.3 Å². The van der Waals surface area contributed by atoms with Crippen LogP contribution in [0.1, 0.15) is 12.2 Å². The van der Waals surface area contributed by atoms with Gasteiger partial charge in [0.25, 0.3) is 0 Å². The first-order chi connectivity index (χ1) is 8.78.